The predicted octanol–water partition coefficient (Wildman–Crippen LogP) is 3.77. The molecule has 4 nitrogen and oxygen atoms in total. The monoisotopic (exact) mass is 304 g/mol. The van der Waals surface area contributed by atoms with E-state index in [1.807, 2.05) is 16.6 Å². The van der Waals surface area contributed by atoms with Crippen molar-refractivity contribution in [1.29, 1.82) is 0 Å². The Morgan fingerprint density at radius 2 is 1.68 bits per heavy atom. The number of anilines is 2. The molecule has 0 aliphatic carbocycles. The number of fused-ring (bicyclic) bond motifs is 6. The van der Waals surface area contributed by atoms with Crippen LogP contribution in [0.1, 0.15) is 5.56 Å². The van der Waals surface area contributed by atoms with Crippen LogP contribution in [0.15, 0.2) is 65.2 Å². The molecular formula is C17H12N4S. The normalized spacial score (nSPS) is 15.2. The molecular weight excluding hydrogens is 292 g/mol. The first-order chi connectivity index (χ1) is 10.9. The van der Waals surface area contributed by atoms with Crippen molar-refractivity contribution in [2.45, 2.75) is 0 Å². The maximum absolute atomic E-state index is 4.82. The Kier molecular flexibility index (Phi) is 2.40. The second kappa shape index (κ2) is 4.42. The highest BCUT2D eigenvalue weighted by atomic mass is 32.1. The maximum Gasteiger partial charge on any atom is 0.207 e. The quantitative estimate of drug-likeness (QED) is 0.686. The molecule has 0 spiro atoms. The predicted molar refractivity (Wildman–Crippen MR) is 90.4 cm³/mol. The Hall–Kier alpha value is -2.66. The first kappa shape index (κ1) is 11.9. The summed E-state index contributed by atoms with van der Waals surface area (Å²) in [6.07, 6.45) is 1.82. The van der Waals surface area contributed by atoms with Crippen LogP contribution < -0.4 is 9.91 Å². The highest BCUT2D eigenvalue weighted by Gasteiger charge is 2.34. The first-order valence-corrected chi connectivity index (χ1v) is 8.02. The van der Waals surface area contributed by atoms with E-state index in [9.17, 15) is 0 Å². The van der Waals surface area contributed by atoms with Crippen LogP contribution in [-0.4, -0.2) is 17.5 Å². The molecule has 0 unspecified atom stereocenters. The molecule has 5 heteroatoms. The van der Waals surface area contributed by atoms with E-state index in [2.05, 4.69) is 58.4 Å². The van der Waals surface area contributed by atoms with Gasteiger partial charge < -0.3 is 4.90 Å². The summed E-state index contributed by atoms with van der Waals surface area (Å²) in [5.41, 5.74) is 4.89. The number of hydrazone groups is 1. The molecule has 3 heterocycles. The van der Waals surface area contributed by atoms with E-state index in [-0.39, 0.29) is 0 Å². The zero-order chi connectivity index (χ0) is 14.5. The van der Waals surface area contributed by atoms with Crippen LogP contribution in [0.5, 0.6) is 0 Å². The summed E-state index contributed by atoms with van der Waals surface area (Å²) in [5.74, 6) is 1.00. The zero-order valence-corrected chi connectivity index (χ0v) is 12.5. The number of benzene rings is 2. The zero-order valence-electron chi connectivity index (χ0n) is 11.7. The summed E-state index contributed by atoms with van der Waals surface area (Å²) in [6.45, 7) is 0.703. The van der Waals surface area contributed by atoms with Crippen molar-refractivity contribution in [3.05, 3.63) is 65.7 Å². The minimum atomic E-state index is 0.703. The van der Waals surface area contributed by atoms with E-state index in [0.29, 0.717) is 6.67 Å². The summed E-state index contributed by atoms with van der Waals surface area (Å²) in [4.78, 5) is 6.64. The lowest BCUT2D eigenvalue weighted by atomic mass is 9.93. The Morgan fingerprint density at radius 3 is 2.50 bits per heavy atom. The molecule has 0 fully saturated rings. The van der Waals surface area contributed by atoms with E-state index in [1.54, 1.807) is 11.3 Å². The van der Waals surface area contributed by atoms with Gasteiger partial charge in [-0.15, -0.1) is 16.4 Å². The average Bonchev–Trinajstić information content (AvgIpc) is 3.24. The molecule has 0 atom stereocenters. The van der Waals surface area contributed by atoms with Crippen LogP contribution in [0, 0.1) is 0 Å². The summed E-state index contributed by atoms with van der Waals surface area (Å²) in [7, 11) is 0. The van der Waals surface area contributed by atoms with Crippen molar-refractivity contribution in [3.8, 4) is 11.1 Å². The SMILES string of the molecule is c1ccc2c(c1)C1=NN(c3nccs3)CN1c1ccccc1-2. The lowest BCUT2D eigenvalue weighted by Crippen LogP contribution is -2.34. The van der Waals surface area contributed by atoms with E-state index in [4.69, 9.17) is 5.10 Å². The number of thiazole rings is 1. The first-order valence-electron chi connectivity index (χ1n) is 7.14. The van der Waals surface area contributed by atoms with Gasteiger partial charge in [0.15, 0.2) is 5.84 Å². The largest absolute Gasteiger partial charge is 0.304 e. The number of nitrogens with zero attached hydrogens (tertiary/aromatic N) is 4. The summed E-state index contributed by atoms with van der Waals surface area (Å²) in [6, 6.07) is 17.0. The molecule has 2 aliphatic heterocycles. The summed E-state index contributed by atoms with van der Waals surface area (Å²) in [5, 5.41) is 9.70. The van der Waals surface area contributed by atoms with Gasteiger partial charge in [0.1, 0.15) is 6.67 Å². The summed E-state index contributed by atoms with van der Waals surface area (Å²) < 4.78 is 0. The molecule has 2 aliphatic rings. The lowest BCUT2D eigenvalue weighted by Gasteiger charge is -2.29. The Bertz CT molecular complexity index is 885. The van der Waals surface area contributed by atoms with Gasteiger partial charge in [-0.1, -0.05) is 42.5 Å². The van der Waals surface area contributed by atoms with Crippen molar-refractivity contribution in [1.82, 2.24) is 4.98 Å². The van der Waals surface area contributed by atoms with Crippen LogP contribution in [-0.2, 0) is 0 Å². The maximum atomic E-state index is 4.82. The smallest absolute Gasteiger partial charge is 0.207 e. The third kappa shape index (κ3) is 1.57. The third-order valence-electron chi connectivity index (χ3n) is 4.04. The van der Waals surface area contributed by atoms with Crippen molar-refractivity contribution in [3.63, 3.8) is 0 Å². The number of aromatic nitrogens is 1. The standard InChI is InChI=1S/C17H12N4S/c1-2-7-14-12(5-1)13-6-3-4-8-15(13)20-11-21(19-16(14)20)17-18-9-10-22-17/h1-10H,11H2. The van der Waals surface area contributed by atoms with E-state index in [1.165, 1.54) is 22.4 Å². The number of rotatable bonds is 1. The van der Waals surface area contributed by atoms with E-state index < -0.39 is 0 Å². The van der Waals surface area contributed by atoms with Crippen LogP contribution in [0.25, 0.3) is 11.1 Å². The Morgan fingerprint density at radius 1 is 0.909 bits per heavy atom. The van der Waals surface area contributed by atoms with Gasteiger partial charge in [-0.25, -0.2) is 9.99 Å². The van der Waals surface area contributed by atoms with E-state index in [0.717, 1.165) is 11.0 Å². The minimum absolute atomic E-state index is 0.703. The van der Waals surface area contributed by atoms with Crippen LogP contribution in [0.4, 0.5) is 10.8 Å². The van der Waals surface area contributed by atoms with Gasteiger partial charge in [-0.05, 0) is 11.6 Å². The van der Waals surface area contributed by atoms with Gasteiger partial charge >= 0.3 is 0 Å². The van der Waals surface area contributed by atoms with Gasteiger partial charge in [0.25, 0.3) is 0 Å². The van der Waals surface area contributed by atoms with Gasteiger partial charge in [0, 0.05) is 22.7 Å². The van der Waals surface area contributed by atoms with Crippen LogP contribution in [0.3, 0.4) is 0 Å². The fourth-order valence-electron chi connectivity index (χ4n) is 3.09. The van der Waals surface area contributed by atoms with E-state index >= 15 is 0 Å². The topological polar surface area (TPSA) is 31.7 Å². The number of amidine groups is 1. The molecule has 5 rings (SSSR count). The molecule has 0 N–H and O–H groups in total. The fraction of sp³-hybridized carbons (Fsp3) is 0.0588. The second-order valence-corrected chi connectivity index (χ2v) is 6.14. The van der Waals surface area contributed by atoms with Gasteiger partial charge in [-0.3, -0.25) is 0 Å². The highest BCUT2D eigenvalue weighted by molar-refractivity contribution is 7.13. The van der Waals surface area contributed by atoms with Crippen molar-refractivity contribution in [2.24, 2.45) is 5.10 Å². The summed E-state index contributed by atoms with van der Waals surface area (Å²) >= 11 is 1.61. The van der Waals surface area contributed by atoms with Crippen molar-refractivity contribution in [2.75, 3.05) is 16.6 Å². The average molecular weight is 304 g/mol. The minimum Gasteiger partial charge on any atom is -0.304 e. The Balaban J connectivity index is 1.73. The second-order valence-electron chi connectivity index (χ2n) is 5.27. The molecule has 2 aromatic carbocycles. The molecule has 0 radical (unpaired) electrons. The van der Waals surface area contributed by atoms with Gasteiger partial charge in [0.05, 0.1) is 5.69 Å². The van der Waals surface area contributed by atoms with Crippen LogP contribution >= 0.6 is 11.3 Å². The third-order valence-corrected chi connectivity index (χ3v) is 4.82. The molecule has 0 bridgehead atoms. The van der Waals surface area contributed by atoms with Crippen molar-refractivity contribution >= 4 is 28.0 Å². The number of hydrogen-bond donors (Lipinski definition) is 0. The number of para-hydroxylation sites is 1. The van der Waals surface area contributed by atoms with Crippen LogP contribution in [0.2, 0.25) is 0 Å². The number of hydrogen-bond acceptors (Lipinski definition) is 5. The fourth-order valence-corrected chi connectivity index (χ4v) is 3.67. The molecule has 22 heavy (non-hydrogen) atoms. The molecule has 0 saturated carbocycles. The molecule has 0 saturated heterocycles. The van der Waals surface area contributed by atoms with Gasteiger partial charge in [0.2, 0.25) is 5.13 Å². The van der Waals surface area contributed by atoms with Crippen molar-refractivity contribution < 1.29 is 0 Å². The molecule has 106 valence electrons. The highest BCUT2D eigenvalue weighted by Crippen LogP contribution is 2.41. The molecule has 1 aromatic heterocycles. The lowest BCUT2D eigenvalue weighted by molar-refractivity contribution is 0.904. The molecule has 3 aromatic rings. The molecule has 0 amide bonds. The van der Waals surface area contributed by atoms with Gasteiger partial charge in [-0.2, -0.15) is 0 Å². The Labute approximate surface area is 132 Å².